The Kier molecular flexibility index (Phi) is 14.2. The number of benzene rings is 2. The Morgan fingerprint density at radius 2 is 1.56 bits per heavy atom. The van der Waals surface area contributed by atoms with Crippen molar-refractivity contribution in [2.75, 3.05) is 6.54 Å². The third kappa shape index (κ3) is 12.6. The van der Waals surface area contributed by atoms with Crippen molar-refractivity contribution < 1.29 is 19.1 Å². The number of hydrogen-bond donors (Lipinski definition) is 2. The molecule has 36 heavy (non-hydrogen) atoms. The number of nitrogens with zero attached hydrogens (tertiary/aromatic N) is 1. The van der Waals surface area contributed by atoms with Crippen LogP contribution < -0.4 is 15.5 Å². The highest BCUT2D eigenvalue weighted by atomic mass is 79.9. The molecule has 0 atom stereocenters. The first-order valence-electron chi connectivity index (χ1n) is 12.6. The molecule has 2 rings (SSSR count). The molecule has 0 bridgehead atoms. The van der Waals surface area contributed by atoms with Gasteiger partial charge in [0.1, 0.15) is 5.75 Å². The number of amides is 2. The minimum atomic E-state index is -0.454. The molecule has 0 unspecified atom stereocenters. The predicted octanol–water partition coefficient (Wildman–Crippen LogP) is 6.16. The van der Waals surface area contributed by atoms with Gasteiger partial charge in [-0.1, -0.05) is 80.3 Å². The van der Waals surface area contributed by atoms with Crippen molar-refractivity contribution in [3.63, 3.8) is 0 Å². The van der Waals surface area contributed by atoms with Gasteiger partial charge in [0, 0.05) is 10.9 Å². The maximum Gasteiger partial charge on any atom is 0.343 e. The van der Waals surface area contributed by atoms with Gasteiger partial charge in [0.2, 0.25) is 5.91 Å². The van der Waals surface area contributed by atoms with E-state index in [1.54, 1.807) is 42.5 Å². The average Bonchev–Trinajstić information content (AvgIpc) is 2.87. The Morgan fingerprint density at radius 1 is 0.889 bits per heavy atom. The van der Waals surface area contributed by atoms with E-state index in [-0.39, 0.29) is 12.5 Å². The number of ether oxygens (including phenoxy) is 1. The number of rotatable bonds is 16. The summed E-state index contributed by atoms with van der Waals surface area (Å²) in [6.45, 7) is 2.11. The Balaban J connectivity index is 1.58. The first kappa shape index (κ1) is 29.2. The molecule has 0 saturated heterocycles. The van der Waals surface area contributed by atoms with Crippen molar-refractivity contribution in [2.45, 2.75) is 71.1 Å². The van der Waals surface area contributed by atoms with Crippen LogP contribution in [0.1, 0.15) is 87.1 Å². The lowest BCUT2D eigenvalue weighted by atomic mass is 10.1. The number of hydrogen-bond acceptors (Lipinski definition) is 5. The molecule has 0 spiro atoms. The molecule has 0 aliphatic rings. The highest BCUT2D eigenvalue weighted by molar-refractivity contribution is 9.10. The van der Waals surface area contributed by atoms with Gasteiger partial charge in [0.15, 0.2) is 0 Å². The van der Waals surface area contributed by atoms with E-state index in [1.807, 2.05) is 6.07 Å². The normalized spacial score (nSPS) is 10.8. The van der Waals surface area contributed by atoms with Gasteiger partial charge in [-0.25, -0.2) is 10.2 Å². The van der Waals surface area contributed by atoms with Crippen molar-refractivity contribution >= 4 is 39.9 Å². The van der Waals surface area contributed by atoms with Crippen LogP contribution in [0.15, 0.2) is 58.1 Å². The van der Waals surface area contributed by atoms with Crippen LogP contribution in [0.2, 0.25) is 0 Å². The summed E-state index contributed by atoms with van der Waals surface area (Å²) in [5.41, 5.74) is 3.55. The zero-order valence-corrected chi connectivity index (χ0v) is 22.5. The molecule has 0 saturated carbocycles. The summed E-state index contributed by atoms with van der Waals surface area (Å²) in [6.07, 6.45) is 12.7. The predicted molar refractivity (Wildman–Crippen MR) is 146 cm³/mol. The van der Waals surface area contributed by atoms with Crippen molar-refractivity contribution in [3.05, 3.63) is 64.1 Å². The van der Waals surface area contributed by atoms with Crippen molar-refractivity contribution in [1.82, 2.24) is 10.7 Å². The smallest absolute Gasteiger partial charge is 0.343 e. The fraction of sp³-hybridized carbons (Fsp3) is 0.429. The van der Waals surface area contributed by atoms with Gasteiger partial charge in [-0.3, -0.25) is 9.59 Å². The molecular formula is C28H36BrN3O4. The van der Waals surface area contributed by atoms with Gasteiger partial charge in [0.05, 0.1) is 18.3 Å². The lowest BCUT2D eigenvalue weighted by molar-refractivity contribution is -0.126. The van der Waals surface area contributed by atoms with Crippen molar-refractivity contribution in [1.29, 1.82) is 0 Å². The number of carbonyl (C=O) groups is 3. The second-order valence-corrected chi connectivity index (χ2v) is 9.53. The topological polar surface area (TPSA) is 96.9 Å². The second kappa shape index (κ2) is 17.4. The third-order valence-electron chi connectivity index (χ3n) is 5.51. The zero-order chi connectivity index (χ0) is 26.0. The molecule has 194 valence electrons. The molecule has 0 heterocycles. The standard InChI is InChI=1S/C28H36BrN3O4/c1-2-3-4-5-6-7-8-9-10-14-26(33)30-21-27(34)32-31-20-22-15-17-25(18-16-22)36-28(35)23-12-11-13-24(29)19-23/h11-13,15-20H,2-10,14,21H2,1H3,(H,30,33)(H,32,34)/b31-20+. The summed E-state index contributed by atoms with van der Waals surface area (Å²) >= 11 is 3.33. The Bertz CT molecular complexity index is 993. The van der Waals surface area contributed by atoms with Gasteiger partial charge in [-0.05, 0) is 54.4 Å². The maximum absolute atomic E-state index is 12.2. The van der Waals surface area contributed by atoms with Crippen LogP contribution in [0.4, 0.5) is 0 Å². The van der Waals surface area contributed by atoms with E-state index < -0.39 is 11.9 Å². The first-order valence-corrected chi connectivity index (χ1v) is 13.4. The quantitative estimate of drug-likeness (QED) is 0.0849. The van der Waals surface area contributed by atoms with E-state index in [0.29, 0.717) is 23.3 Å². The number of nitrogens with one attached hydrogen (secondary N) is 2. The molecule has 2 N–H and O–H groups in total. The van der Waals surface area contributed by atoms with E-state index in [1.165, 1.54) is 44.7 Å². The number of esters is 1. The number of carbonyl (C=O) groups excluding carboxylic acids is 3. The number of halogens is 1. The van der Waals surface area contributed by atoms with Gasteiger partial charge in [-0.15, -0.1) is 0 Å². The summed E-state index contributed by atoms with van der Waals surface area (Å²) in [4.78, 5) is 36.0. The second-order valence-electron chi connectivity index (χ2n) is 8.62. The average molecular weight is 559 g/mol. The summed E-state index contributed by atoms with van der Waals surface area (Å²) in [7, 11) is 0. The molecular weight excluding hydrogens is 522 g/mol. The van der Waals surface area contributed by atoms with Crippen LogP contribution in [0.25, 0.3) is 0 Å². The Labute approximate surface area is 222 Å². The van der Waals surface area contributed by atoms with Gasteiger partial charge in [-0.2, -0.15) is 5.10 Å². The third-order valence-corrected chi connectivity index (χ3v) is 6.00. The first-order chi connectivity index (χ1) is 17.5. The Hall–Kier alpha value is -3.00. The fourth-order valence-electron chi connectivity index (χ4n) is 3.49. The van der Waals surface area contributed by atoms with Gasteiger partial charge < -0.3 is 10.1 Å². The largest absolute Gasteiger partial charge is 0.423 e. The van der Waals surface area contributed by atoms with Crippen LogP contribution in [0.3, 0.4) is 0 Å². The molecule has 0 aromatic heterocycles. The van der Waals surface area contributed by atoms with Crippen molar-refractivity contribution in [3.8, 4) is 5.75 Å². The lowest BCUT2D eigenvalue weighted by Crippen LogP contribution is -2.34. The van der Waals surface area contributed by atoms with Crippen LogP contribution >= 0.6 is 15.9 Å². The maximum atomic E-state index is 12.2. The molecule has 2 aromatic carbocycles. The van der Waals surface area contributed by atoms with Crippen molar-refractivity contribution in [2.24, 2.45) is 5.10 Å². The van der Waals surface area contributed by atoms with Crippen LogP contribution in [-0.4, -0.2) is 30.5 Å². The minimum absolute atomic E-state index is 0.113. The lowest BCUT2D eigenvalue weighted by Gasteiger charge is -2.05. The monoisotopic (exact) mass is 557 g/mol. The van der Waals surface area contributed by atoms with E-state index in [4.69, 9.17) is 4.74 Å². The molecule has 0 aliphatic heterocycles. The molecule has 0 radical (unpaired) electrons. The summed E-state index contributed by atoms with van der Waals surface area (Å²) in [6, 6.07) is 13.7. The number of unbranched alkanes of at least 4 members (excludes halogenated alkanes) is 8. The fourth-order valence-corrected chi connectivity index (χ4v) is 3.88. The van der Waals surface area contributed by atoms with E-state index in [2.05, 4.69) is 38.7 Å². The van der Waals surface area contributed by atoms with Gasteiger partial charge in [0.25, 0.3) is 5.91 Å². The van der Waals surface area contributed by atoms with Crippen LogP contribution in [0, 0.1) is 0 Å². The highest BCUT2D eigenvalue weighted by Crippen LogP contribution is 2.16. The SMILES string of the molecule is CCCCCCCCCCCC(=O)NCC(=O)N/N=C/c1ccc(OC(=O)c2cccc(Br)c2)cc1. The summed E-state index contributed by atoms with van der Waals surface area (Å²) < 4.78 is 6.15. The molecule has 0 aliphatic carbocycles. The highest BCUT2D eigenvalue weighted by Gasteiger charge is 2.09. The van der Waals surface area contributed by atoms with E-state index in [9.17, 15) is 14.4 Å². The Morgan fingerprint density at radius 3 is 2.22 bits per heavy atom. The van der Waals surface area contributed by atoms with Crippen LogP contribution in [0.5, 0.6) is 5.75 Å². The zero-order valence-electron chi connectivity index (χ0n) is 20.9. The van der Waals surface area contributed by atoms with Gasteiger partial charge >= 0.3 is 5.97 Å². The molecule has 0 fully saturated rings. The molecule has 2 amide bonds. The summed E-state index contributed by atoms with van der Waals surface area (Å²) in [5.74, 6) is -0.572. The molecule has 8 heteroatoms. The molecule has 2 aromatic rings. The van der Waals surface area contributed by atoms with E-state index in [0.717, 1.165) is 23.7 Å². The van der Waals surface area contributed by atoms with Crippen LogP contribution in [-0.2, 0) is 9.59 Å². The number of hydrazone groups is 1. The molecule has 7 nitrogen and oxygen atoms in total. The minimum Gasteiger partial charge on any atom is -0.423 e. The summed E-state index contributed by atoms with van der Waals surface area (Å²) in [5, 5.41) is 6.52. The van der Waals surface area contributed by atoms with E-state index >= 15 is 0 Å².